The molecule has 1 aromatic carbocycles. The molecule has 0 aliphatic heterocycles. The number of nitrogens with zero attached hydrogens (tertiary/aromatic N) is 1. The molecule has 26 heavy (non-hydrogen) atoms. The van der Waals surface area contributed by atoms with Crippen LogP contribution in [0.1, 0.15) is 66.8 Å². The van der Waals surface area contributed by atoms with Crippen molar-refractivity contribution in [3.8, 4) is 0 Å². The normalized spacial score (nSPS) is 14.9. The number of carbonyl (C=O) groups is 2. The smallest absolute Gasteiger partial charge is 0.257 e. The van der Waals surface area contributed by atoms with Gasteiger partial charge in [-0.05, 0) is 57.0 Å². The van der Waals surface area contributed by atoms with Crippen molar-refractivity contribution in [3.63, 3.8) is 0 Å². The maximum atomic E-state index is 12.8. The lowest BCUT2D eigenvalue weighted by molar-refractivity contribution is -0.114. The Labute approximate surface area is 154 Å². The summed E-state index contributed by atoms with van der Waals surface area (Å²) in [6, 6.07) is 9.66. The monoisotopic (exact) mass is 353 g/mol. The second-order valence-electron chi connectivity index (χ2n) is 7.16. The van der Waals surface area contributed by atoms with E-state index in [-0.39, 0.29) is 11.8 Å². The quantitative estimate of drug-likeness (QED) is 0.827. The van der Waals surface area contributed by atoms with Gasteiger partial charge in [0.2, 0.25) is 5.91 Å². The first-order valence-electron chi connectivity index (χ1n) is 9.33. The Kier molecular flexibility index (Phi) is 5.45. The molecule has 1 aliphatic carbocycles. The van der Waals surface area contributed by atoms with Crippen molar-refractivity contribution in [1.29, 1.82) is 0 Å². The van der Waals surface area contributed by atoms with Crippen LogP contribution in [0.15, 0.2) is 30.3 Å². The molecular formula is C21H27N3O2. The first-order chi connectivity index (χ1) is 12.5. The molecule has 2 N–H and O–H groups in total. The molecule has 5 heteroatoms. The zero-order valence-electron chi connectivity index (χ0n) is 15.8. The lowest BCUT2D eigenvalue weighted by Gasteiger charge is -2.26. The van der Waals surface area contributed by atoms with E-state index in [1.54, 1.807) is 24.3 Å². The lowest BCUT2D eigenvalue weighted by atomic mass is 9.95. The number of hydrogen-bond acceptors (Lipinski definition) is 2. The Morgan fingerprint density at radius 2 is 1.54 bits per heavy atom. The second-order valence-corrected chi connectivity index (χ2v) is 7.16. The van der Waals surface area contributed by atoms with E-state index >= 15 is 0 Å². The molecule has 3 rings (SSSR count). The number of hydrogen-bond donors (Lipinski definition) is 2. The minimum atomic E-state index is -0.114. The highest BCUT2D eigenvalue weighted by molar-refractivity contribution is 6.05. The highest BCUT2D eigenvalue weighted by Crippen LogP contribution is 2.32. The number of aryl methyl sites for hydroxylation is 1. The van der Waals surface area contributed by atoms with Crippen molar-refractivity contribution in [2.45, 2.75) is 58.9 Å². The third-order valence-electron chi connectivity index (χ3n) is 5.13. The maximum Gasteiger partial charge on any atom is 0.257 e. The van der Waals surface area contributed by atoms with Crippen molar-refractivity contribution in [1.82, 2.24) is 4.57 Å². The molecular weight excluding hydrogens is 326 g/mol. The van der Waals surface area contributed by atoms with E-state index in [2.05, 4.69) is 22.1 Å². The fourth-order valence-electron chi connectivity index (χ4n) is 3.95. The zero-order valence-corrected chi connectivity index (χ0v) is 15.8. The first-order valence-corrected chi connectivity index (χ1v) is 9.33. The van der Waals surface area contributed by atoms with Crippen LogP contribution in [-0.4, -0.2) is 16.4 Å². The summed E-state index contributed by atoms with van der Waals surface area (Å²) in [5.41, 5.74) is 4.36. The van der Waals surface area contributed by atoms with Gasteiger partial charge in [-0.3, -0.25) is 9.59 Å². The summed E-state index contributed by atoms with van der Waals surface area (Å²) in [4.78, 5) is 23.8. The molecule has 0 spiro atoms. The first kappa shape index (κ1) is 18.2. The van der Waals surface area contributed by atoms with Crippen LogP contribution in [-0.2, 0) is 4.79 Å². The fraction of sp³-hybridized carbons (Fsp3) is 0.429. The Hall–Kier alpha value is -2.56. The summed E-state index contributed by atoms with van der Waals surface area (Å²) in [6.45, 7) is 5.59. The van der Waals surface area contributed by atoms with Gasteiger partial charge in [0.05, 0.1) is 5.56 Å². The summed E-state index contributed by atoms with van der Waals surface area (Å²) in [6.07, 6.45) is 6.25. The molecule has 0 unspecified atom stereocenters. The average Bonchev–Trinajstić information content (AvgIpc) is 2.91. The van der Waals surface area contributed by atoms with Crippen LogP contribution >= 0.6 is 0 Å². The number of benzene rings is 1. The van der Waals surface area contributed by atoms with Gasteiger partial charge >= 0.3 is 0 Å². The Morgan fingerprint density at radius 3 is 2.12 bits per heavy atom. The topological polar surface area (TPSA) is 63.1 Å². The van der Waals surface area contributed by atoms with Gasteiger partial charge in [-0.1, -0.05) is 19.3 Å². The van der Waals surface area contributed by atoms with Crippen LogP contribution in [0, 0.1) is 13.8 Å². The summed E-state index contributed by atoms with van der Waals surface area (Å²) < 4.78 is 2.34. The van der Waals surface area contributed by atoms with Crippen LogP contribution in [0.25, 0.3) is 0 Å². The summed E-state index contributed by atoms with van der Waals surface area (Å²) in [7, 11) is 0. The number of anilines is 2. The van der Waals surface area contributed by atoms with E-state index in [4.69, 9.17) is 0 Å². The molecule has 1 aliphatic rings. The largest absolute Gasteiger partial charge is 0.345 e. The third-order valence-corrected chi connectivity index (χ3v) is 5.13. The standard InChI is InChI=1S/C21H27N3O2/c1-14-13-20(15(2)24(14)19-7-5-4-6-8-19)21(26)23-18-11-9-17(10-12-18)22-16(3)25/h9-13,19H,4-8H2,1-3H3,(H,22,25)(H,23,26). The number of nitrogens with one attached hydrogen (secondary N) is 2. The van der Waals surface area contributed by atoms with Crippen LogP contribution < -0.4 is 10.6 Å². The lowest BCUT2D eigenvalue weighted by Crippen LogP contribution is -2.17. The molecule has 5 nitrogen and oxygen atoms in total. The predicted octanol–water partition coefficient (Wildman–Crippen LogP) is 4.82. The third kappa shape index (κ3) is 3.98. The average molecular weight is 353 g/mol. The predicted molar refractivity (Wildman–Crippen MR) is 105 cm³/mol. The summed E-state index contributed by atoms with van der Waals surface area (Å²) >= 11 is 0. The van der Waals surface area contributed by atoms with Crippen LogP contribution in [0.5, 0.6) is 0 Å². The highest BCUT2D eigenvalue weighted by Gasteiger charge is 2.22. The van der Waals surface area contributed by atoms with E-state index in [0.717, 1.165) is 17.0 Å². The van der Waals surface area contributed by atoms with E-state index in [9.17, 15) is 9.59 Å². The number of carbonyl (C=O) groups excluding carboxylic acids is 2. The van der Waals surface area contributed by atoms with Gasteiger partial charge in [-0.2, -0.15) is 0 Å². The van der Waals surface area contributed by atoms with Gasteiger partial charge in [-0.25, -0.2) is 0 Å². The van der Waals surface area contributed by atoms with Crippen molar-refractivity contribution in [3.05, 3.63) is 47.3 Å². The zero-order chi connectivity index (χ0) is 18.7. The molecule has 1 saturated carbocycles. The Bertz CT molecular complexity index is 799. The minimum absolute atomic E-state index is 0.0903. The van der Waals surface area contributed by atoms with E-state index in [0.29, 0.717) is 17.4 Å². The molecule has 0 atom stereocenters. The number of amides is 2. The summed E-state index contributed by atoms with van der Waals surface area (Å²) in [5, 5.41) is 5.68. The van der Waals surface area contributed by atoms with Gasteiger partial charge in [0.1, 0.15) is 0 Å². The van der Waals surface area contributed by atoms with Gasteiger partial charge in [-0.15, -0.1) is 0 Å². The van der Waals surface area contributed by atoms with Gasteiger partial charge in [0.15, 0.2) is 0 Å². The van der Waals surface area contributed by atoms with E-state index < -0.39 is 0 Å². The Morgan fingerprint density at radius 1 is 0.962 bits per heavy atom. The van der Waals surface area contributed by atoms with Gasteiger partial charge in [0, 0.05) is 35.7 Å². The van der Waals surface area contributed by atoms with Crippen LogP contribution in [0.2, 0.25) is 0 Å². The van der Waals surface area contributed by atoms with E-state index in [1.807, 2.05) is 13.0 Å². The van der Waals surface area contributed by atoms with E-state index in [1.165, 1.54) is 39.0 Å². The van der Waals surface area contributed by atoms with Crippen molar-refractivity contribution >= 4 is 23.2 Å². The van der Waals surface area contributed by atoms with Crippen molar-refractivity contribution in [2.75, 3.05) is 10.6 Å². The molecule has 0 saturated heterocycles. The maximum absolute atomic E-state index is 12.8. The molecule has 138 valence electrons. The molecule has 2 aromatic rings. The molecule has 0 radical (unpaired) electrons. The Balaban J connectivity index is 1.74. The number of aromatic nitrogens is 1. The molecule has 1 aromatic heterocycles. The molecule has 1 fully saturated rings. The van der Waals surface area contributed by atoms with Crippen molar-refractivity contribution in [2.24, 2.45) is 0 Å². The van der Waals surface area contributed by atoms with Crippen molar-refractivity contribution < 1.29 is 9.59 Å². The highest BCUT2D eigenvalue weighted by atomic mass is 16.2. The number of rotatable bonds is 4. The minimum Gasteiger partial charge on any atom is -0.345 e. The van der Waals surface area contributed by atoms with Gasteiger partial charge in [0.25, 0.3) is 5.91 Å². The van der Waals surface area contributed by atoms with Crippen LogP contribution in [0.4, 0.5) is 11.4 Å². The van der Waals surface area contributed by atoms with Gasteiger partial charge < -0.3 is 15.2 Å². The van der Waals surface area contributed by atoms with Crippen LogP contribution in [0.3, 0.4) is 0 Å². The summed E-state index contributed by atoms with van der Waals surface area (Å²) in [5.74, 6) is -0.204. The molecule has 2 amide bonds. The molecule has 1 heterocycles. The molecule has 0 bridgehead atoms. The SMILES string of the molecule is CC(=O)Nc1ccc(NC(=O)c2cc(C)n(C3CCCCC3)c2C)cc1. The second kappa shape index (κ2) is 7.77. The fourth-order valence-corrected chi connectivity index (χ4v) is 3.95.